The Hall–Kier alpha value is -1.85. The summed E-state index contributed by atoms with van der Waals surface area (Å²) in [7, 11) is 0. The molecule has 2 rings (SSSR count). The van der Waals surface area contributed by atoms with Crippen LogP contribution in [0, 0.1) is 23.4 Å². The van der Waals surface area contributed by atoms with Crippen molar-refractivity contribution in [1.82, 2.24) is 5.32 Å². The van der Waals surface area contributed by atoms with Crippen LogP contribution >= 0.6 is 0 Å². The fourth-order valence-corrected chi connectivity index (χ4v) is 2.42. The number of nitrogens with one attached hydrogen (secondary N) is 1. The molecule has 1 aromatic carbocycles. The van der Waals surface area contributed by atoms with Crippen LogP contribution in [-0.2, 0) is 9.59 Å². The molecule has 3 nitrogen and oxygen atoms in total. The van der Waals surface area contributed by atoms with Crippen molar-refractivity contribution in [1.29, 1.82) is 0 Å². The fraction of sp³-hybridized carbons (Fsp3) is 0.385. The van der Waals surface area contributed by atoms with Gasteiger partial charge in [0.2, 0.25) is 11.8 Å². The first kappa shape index (κ1) is 13.6. The van der Waals surface area contributed by atoms with Gasteiger partial charge in [0.05, 0.1) is 0 Å². The Balaban J connectivity index is 2.46. The van der Waals surface area contributed by atoms with Crippen molar-refractivity contribution in [2.24, 2.45) is 5.92 Å². The number of hydrogen-bond acceptors (Lipinski definition) is 2. The number of benzene rings is 1. The summed E-state index contributed by atoms with van der Waals surface area (Å²) >= 11 is 0. The molecule has 2 amide bonds. The number of rotatable bonds is 2. The van der Waals surface area contributed by atoms with Crippen LogP contribution in [0.2, 0.25) is 0 Å². The van der Waals surface area contributed by atoms with Gasteiger partial charge in [-0.25, -0.2) is 13.2 Å². The number of imide groups is 1. The lowest BCUT2D eigenvalue weighted by Crippen LogP contribution is -2.44. The molecule has 1 aromatic rings. The lowest BCUT2D eigenvalue weighted by atomic mass is 9.78. The lowest BCUT2D eigenvalue weighted by molar-refractivity contribution is -0.137. The highest BCUT2D eigenvalue weighted by Crippen LogP contribution is 2.35. The van der Waals surface area contributed by atoms with E-state index in [1.807, 2.05) is 0 Å². The molecule has 0 saturated carbocycles. The molecule has 1 heterocycles. The molecular formula is C13H12F3NO2. The molecule has 0 bridgehead atoms. The van der Waals surface area contributed by atoms with E-state index in [-0.39, 0.29) is 12.0 Å². The van der Waals surface area contributed by atoms with E-state index in [4.69, 9.17) is 0 Å². The van der Waals surface area contributed by atoms with Gasteiger partial charge in [0.15, 0.2) is 11.6 Å². The van der Waals surface area contributed by atoms with E-state index in [9.17, 15) is 22.8 Å². The molecule has 1 aliphatic rings. The van der Waals surface area contributed by atoms with Gasteiger partial charge in [-0.3, -0.25) is 14.9 Å². The van der Waals surface area contributed by atoms with E-state index in [0.29, 0.717) is 12.5 Å². The highest BCUT2D eigenvalue weighted by atomic mass is 19.2. The Kier molecular flexibility index (Phi) is 3.59. The normalized spacial score (nSPS) is 23.4. The highest BCUT2D eigenvalue weighted by Gasteiger charge is 2.37. The van der Waals surface area contributed by atoms with Gasteiger partial charge < -0.3 is 0 Å². The van der Waals surface area contributed by atoms with Crippen LogP contribution in [0.1, 0.15) is 31.2 Å². The quantitative estimate of drug-likeness (QED) is 0.662. The van der Waals surface area contributed by atoms with Gasteiger partial charge in [0, 0.05) is 24.3 Å². The van der Waals surface area contributed by atoms with E-state index < -0.39 is 41.1 Å². The maximum absolute atomic E-state index is 13.7. The van der Waals surface area contributed by atoms with Crippen molar-refractivity contribution in [3.63, 3.8) is 0 Å². The average Bonchev–Trinajstić information content (AvgIpc) is 2.33. The minimum atomic E-state index is -1.29. The van der Waals surface area contributed by atoms with Gasteiger partial charge in [-0.2, -0.15) is 0 Å². The summed E-state index contributed by atoms with van der Waals surface area (Å²) in [6, 6.07) is 1.16. The third kappa shape index (κ3) is 2.47. The van der Waals surface area contributed by atoms with Crippen LogP contribution in [0.5, 0.6) is 0 Å². The summed E-state index contributed by atoms with van der Waals surface area (Å²) in [5, 5.41) is 2.16. The zero-order chi connectivity index (χ0) is 14.2. The predicted molar refractivity (Wildman–Crippen MR) is 60.6 cm³/mol. The Bertz CT molecular complexity index is 545. The fourth-order valence-electron chi connectivity index (χ4n) is 2.42. The average molecular weight is 271 g/mol. The first-order chi connectivity index (χ1) is 8.93. The van der Waals surface area contributed by atoms with E-state index >= 15 is 0 Å². The minimum absolute atomic E-state index is 0.119. The third-order valence-electron chi connectivity index (χ3n) is 3.37. The monoisotopic (exact) mass is 271 g/mol. The summed E-state index contributed by atoms with van der Waals surface area (Å²) in [4.78, 5) is 23.0. The van der Waals surface area contributed by atoms with Crippen LogP contribution in [0.4, 0.5) is 13.2 Å². The van der Waals surface area contributed by atoms with Crippen LogP contribution in [0.15, 0.2) is 12.1 Å². The maximum Gasteiger partial charge on any atom is 0.230 e. The van der Waals surface area contributed by atoms with E-state index in [1.54, 1.807) is 6.92 Å². The molecule has 1 saturated heterocycles. The summed E-state index contributed by atoms with van der Waals surface area (Å²) in [5.74, 6) is -5.86. The molecule has 102 valence electrons. The second kappa shape index (κ2) is 5.03. The minimum Gasteiger partial charge on any atom is -0.296 e. The lowest BCUT2D eigenvalue weighted by Gasteiger charge is -2.29. The van der Waals surface area contributed by atoms with Crippen molar-refractivity contribution in [3.05, 3.63) is 35.1 Å². The third-order valence-corrected chi connectivity index (χ3v) is 3.37. The first-order valence-corrected chi connectivity index (χ1v) is 5.92. The molecule has 0 aliphatic carbocycles. The van der Waals surface area contributed by atoms with Crippen molar-refractivity contribution in [2.75, 3.05) is 0 Å². The van der Waals surface area contributed by atoms with Gasteiger partial charge >= 0.3 is 0 Å². The standard InChI is InChI=1S/C13H12F3NO2/c1-2-6-7(4-12(18)17-13(6)19)8-3-10(15)11(16)5-9(8)14/h3,5-7H,2,4H2,1H3,(H,17,18,19). The Morgan fingerprint density at radius 2 is 1.79 bits per heavy atom. The first-order valence-electron chi connectivity index (χ1n) is 5.92. The van der Waals surface area contributed by atoms with Gasteiger partial charge in [0.1, 0.15) is 5.82 Å². The number of amides is 2. The molecule has 0 radical (unpaired) electrons. The SMILES string of the molecule is CCC1C(=O)NC(=O)CC1c1cc(F)c(F)cc1F. The molecule has 19 heavy (non-hydrogen) atoms. The summed E-state index contributed by atoms with van der Waals surface area (Å²) in [6.45, 7) is 1.71. The molecule has 1 aliphatic heterocycles. The van der Waals surface area contributed by atoms with Gasteiger partial charge in [0.25, 0.3) is 0 Å². The molecule has 2 atom stereocenters. The predicted octanol–water partition coefficient (Wildman–Crippen LogP) is 2.26. The zero-order valence-electron chi connectivity index (χ0n) is 10.2. The van der Waals surface area contributed by atoms with Crippen molar-refractivity contribution in [2.45, 2.75) is 25.7 Å². The number of halogens is 3. The number of piperidine rings is 1. The summed E-state index contributed by atoms with van der Waals surface area (Å²) in [5.41, 5.74) is -0.131. The molecule has 6 heteroatoms. The summed E-state index contributed by atoms with van der Waals surface area (Å²) < 4.78 is 39.8. The van der Waals surface area contributed by atoms with Crippen LogP contribution in [-0.4, -0.2) is 11.8 Å². The highest BCUT2D eigenvalue weighted by molar-refractivity contribution is 5.99. The van der Waals surface area contributed by atoms with Crippen LogP contribution < -0.4 is 5.32 Å². The zero-order valence-corrected chi connectivity index (χ0v) is 10.2. The Labute approximate surface area is 107 Å². The van der Waals surface area contributed by atoms with E-state index in [1.165, 1.54) is 0 Å². The molecule has 0 aromatic heterocycles. The molecule has 2 unspecified atom stereocenters. The topological polar surface area (TPSA) is 46.2 Å². The Morgan fingerprint density at radius 1 is 1.16 bits per heavy atom. The van der Waals surface area contributed by atoms with E-state index in [0.717, 1.165) is 6.07 Å². The molecule has 1 fully saturated rings. The van der Waals surface area contributed by atoms with Crippen molar-refractivity contribution < 1.29 is 22.8 Å². The smallest absolute Gasteiger partial charge is 0.230 e. The van der Waals surface area contributed by atoms with Gasteiger partial charge in [-0.05, 0) is 18.1 Å². The second-order valence-electron chi connectivity index (χ2n) is 4.53. The maximum atomic E-state index is 13.7. The number of carbonyl (C=O) groups is 2. The van der Waals surface area contributed by atoms with Crippen molar-refractivity contribution >= 4 is 11.8 Å². The second-order valence-corrected chi connectivity index (χ2v) is 4.53. The molecule has 1 N–H and O–H groups in total. The van der Waals surface area contributed by atoms with Crippen LogP contribution in [0.25, 0.3) is 0 Å². The largest absolute Gasteiger partial charge is 0.296 e. The van der Waals surface area contributed by atoms with E-state index in [2.05, 4.69) is 5.32 Å². The van der Waals surface area contributed by atoms with Crippen LogP contribution in [0.3, 0.4) is 0 Å². The number of hydrogen-bond donors (Lipinski definition) is 1. The molecular weight excluding hydrogens is 259 g/mol. The Morgan fingerprint density at radius 3 is 2.42 bits per heavy atom. The number of carbonyl (C=O) groups excluding carboxylic acids is 2. The molecule has 0 spiro atoms. The van der Waals surface area contributed by atoms with Gasteiger partial charge in [-0.1, -0.05) is 6.92 Å². The van der Waals surface area contributed by atoms with Gasteiger partial charge in [-0.15, -0.1) is 0 Å². The summed E-state index contributed by atoms with van der Waals surface area (Å²) in [6.07, 6.45) is 0.258. The van der Waals surface area contributed by atoms with Crippen molar-refractivity contribution in [3.8, 4) is 0 Å².